The molecule has 0 heterocycles. The van der Waals surface area contributed by atoms with Crippen LogP contribution in [0.1, 0.15) is 50.2 Å². The van der Waals surface area contributed by atoms with E-state index in [2.05, 4.69) is 36.5 Å². The van der Waals surface area contributed by atoms with Gasteiger partial charge in [-0.2, -0.15) is 0 Å². The highest BCUT2D eigenvalue weighted by molar-refractivity contribution is 5.14. The fraction of sp³-hybridized carbons (Fsp3) is 0.556. The van der Waals surface area contributed by atoms with E-state index in [1.165, 1.54) is 0 Å². The fourth-order valence-electron chi connectivity index (χ4n) is 4.34. The molecule has 5 atom stereocenters. The van der Waals surface area contributed by atoms with Crippen molar-refractivity contribution in [3.63, 3.8) is 0 Å². The molecule has 1 fully saturated rings. The summed E-state index contributed by atoms with van der Waals surface area (Å²) in [7, 11) is 1.94. The molecule has 5 heteroatoms. The second kappa shape index (κ2) is 13.7. The van der Waals surface area contributed by atoms with Gasteiger partial charge in [0.25, 0.3) is 0 Å². The highest BCUT2D eigenvalue weighted by Gasteiger charge is 2.45. The van der Waals surface area contributed by atoms with Gasteiger partial charge in [-0.25, -0.2) is 0 Å². The molecule has 2 aromatic rings. The van der Waals surface area contributed by atoms with Gasteiger partial charge in [0.1, 0.15) is 6.10 Å². The first-order chi connectivity index (χ1) is 15.7. The Hall–Kier alpha value is -1.76. The minimum absolute atomic E-state index is 0.00216. The Labute approximate surface area is 193 Å². The van der Waals surface area contributed by atoms with Crippen LogP contribution in [0.4, 0.5) is 0 Å². The predicted octanol–water partition coefficient (Wildman–Crippen LogP) is 4.48. The second-order valence-electron chi connectivity index (χ2n) is 8.67. The quantitative estimate of drug-likeness (QED) is 0.424. The normalized spacial score (nSPS) is 24.0. The number of ether oxygens (including phenoxy) is 3. The average Bonchev–Trinajstić information content (AvgIpc) is 3.18. The van der Waals surface area contributed by atoms with Crippen LogP contribution in [-0.2, 0) is 27.4 Å². The molecule has 3 rings (SSSR count). The summed E-state index contributed by atoms with van der Waals surface area (Å²) in [6.07, 6.45) is 4.09. The molecule has 0 radical (unpaired) electrons. The van der Waals surface area contributed by atoms with E-state index >= 15 is 0 Å². The first-order valence-electron chi connectivity index (χ1n) is 12.0. The number of aliphatic hydroxyl groups is 1. The molecule has 2 N–H and O–H groups in total. The summed E-state index contributed by atoms with van der Waals surface area (Å²) in [6.45, 7) is 3.58. The zero-order valence-corrected chi connectivity index (χ0v) is 19.5. The maximum absolute atomic E-state index is 10.4. The summed E-state index contributed by atoms with van der Waals surface area (Å²) < 4.78 is 18.9. The lowest BCUT2D eigenvalue weighted by Gasteiger charge is -2.27. The van der Waals surface area contributed by atoms with Crippen molar-refractivity contribution in [2.45, 2.75) is 82.7 Å². The second-order valence-corrected chi connectivity index (χ2v) is 8.67. The standard InChI is InChI=1S/C27H39NO4/c1-3-4-7-16-23(29)20-32-27-25(31-19-22-14-10-6-11-15-22)17-24(26(27)28-2)30-18-21-12-8-5-9-13-21/h5-6,8-15,23-29H,3-4,7,16-20H2,1-2H3/t23?,24-,25+,26+,27+/m1/s1. The van der Waals surface area contributed by atoms with Crippen molar-refractivity contribution in [3.8, 4) is 0 Å². The van der Waals surface area contributed by atoms with Crippen molar-refractivity contribution in [3.05, 3.63) is 71.8 Å². The van der Waals surface area contributed by atoms with Gasteiger partial charge in [0.2, 0.25) is 0 Å². The van der Waals surface area contributed by atoms with Gasteiger partial charge in [-0.3, -0.25) is 0 Å². The third-order valence-electron chi connectivity index (χ3n) is 6.15. The van der Waals surface area contributed by atoms with Crippen LogP contribution < -0.4 is 5.32 Å². The first-order valence-corrected chi connectivity index (χ1v) is 12.0. The smallest absolute Gasteiger partial charge is 0.102 e. The van der Waals surface area contributed by atoms with Crippen LogP contribution in [-0.4, -0.2) is 49.2 Å². The van der Waals surface area contributed by atoms with Crippen molar-refractivity contribution in [1.29, 1.82) is 0 Å². The van der Waals surface area contributed by atoms with Crippen LogP contribution in [0.25, 0.3) is 0 Å². The van der Waals surface area contributed by atoms with Crippen molar-refractivity contribution in [2.75, 3.05) is 13.7 Å². The number of aliphatic hydroxyl groups excluding tert-OH is 1. The molecule has 0 aliphatic heterocycles. The molecule has 0 saturated heterocycles. The molecule has 176 valence electrons. The zero-order valence-electron chi connectivity index (χ0n) is 19.5. The minimum atomic E-state index is -0.446. The molecule has 1 aliphatic carbocycles. The van der Waals surface area contributed by atoms with Crippen LogP contribution in [0, 0.1) is 0 Å². The van der Waals surface area contributed by atoms with Gasteiger partial charge in [-0.15, -0.1) is 0 Å². The van der Waals surface area contributed by atoms with Gasteiger partial charge < -0.3 is 24.6 Å². The molecule has 2 aromatic carbocycles. The lowest BCUT2D eigenvalue weighted by Crippen LogP contribution is -2.46. The molecule has 0 amide bonds. The van der Waals surface area contributed by atoms with Crippen LogP contribution in [0.3, 0.4) is 0 Å². The SMILES string of the molecule is CCCCCC(O)CO[C@@H]1[C@@H](NC)[C@H](OCc2ccccc2)C[C@@H]1OCc1ccccc1. The maximum Gasteiger partial charge on any atom is 0.102 e. The minimum Gasteiger partial charge on any atom is -0.391 e. The van der Waals surface area contributed by atoms with E-state index in [9.17, 15) is 5.11 Å². The summed E-state index contributed by atoms with van der Waals surface area (Å²) in [5, 5.41) is 13.8. The highest BCUT2D eigenvalue weighted by atomic mass is 16.6. The van der Waals surface area contributed by atoms with E-state index in [4.69, 9.17) is 14.2 Å². The van der Waals surface area contributed by atoms with E-state index in [1.807, 2.05) is 43.4 Å². The van der Waals surface area contributed by atoms with Gasteiger partial charge in [-0.1, -0.05) is 86.8 Å². The lowest BCUT2D eigenvalue weighted by atomic mass is 10.1. The number of unbranched alkanes of at least 4 members (excludes halogenated alkanes) is 2. The fourth-order valence-corrected chi connectivity index (χ4v) is 4.34. The summed E-state index contributed by atoms with van der Waals surface area (Å²) in [5.41, 5.74) is 2.29. The molecular weight excluding hydrogens is 402 g/mol. The summed E-state index contributed by atoms with van der Waals surface area (Å²) in [6, 6.07) is 20.4. The number of benzene rings is 2. The van der Waals surface area contributed by atoms with E-state index in [1.54, 1.807) is 0 Å². The van der Waals surface area contributed by atoms with Crippen LogP contribution in [0.2, 0.25) is 0 Å². The molecule has 0 aromatic heterocycles. The molecule has 0 spiro atoms. The van der Waals surface area contributed by atoms with E-state index in [0.29, 0.717) is 19.8 Å². The van der Waals surface area contributed by atoms with Gasteiger partial charge in [0.05, 0.1) is 44.2 Å². The molecular formula is C27H39NO4. The molecule has 1 saturated carbocycles. The van der Waals surface area contributed by atoms with Crippen LogP contribution >= 0.6 is 0 Å². The first kappa shape index (κ1) is 24.9. The third kappa shape index (κ3) is 7.68. The Kier molecular flexibility index (Phi) is 10.7. The Bertz CT molecular complexity index is 742. The van der Waals surface area contributed by atoms with E-state index in [-0.39, 0.29) is 24.4 Å². The number of hydrogen-bond acceptors (Lipinski definition) is 5. The molecule has 0 bridgehead atoms. The van der Waals surface area contributed by atoms with Gasteiger partial charge >= 0.3 is 0 Å². The molecule has 32 heavy (non-hydrogen) atoms. The largest absolute Gasteiger partial charge is 0.391 e. The predicted molar refractivity (Wildman–Crippen MR) is 127 cm³/mol. The highest BCUT2D eigenvalue weighted by Crippen LogP contribution is 2.30. The Balaban J connectivity index is 1.61. The van der Waals surface area contributed by atoms with E-state index < -0.39 is 6.10 Å². The molecule has 1 unspecified atom stereocenters. The number of rotatable bonds is 14. The Morgan fingerprint density at radius 2 is 1.47 bits per heavy atom. The molecule has 1 aliphatic rings. The van der Waals surface area contributed by atoms with Crippen molar-refractivity contribution >= 4 is 0 Å². The van der Waals surface area contributed by atoms with Crippen molar-refractivity contribution in [2.24, 2.45) is 0 Å². The van der Waals surface area contributed by atoms with Crippen LogP contribution in [0.5, 0.6) is 0 Å². The Morgan fingerprint density at radius 3 is 2.03 bits per heavy atom. The zero-order chi connectivity index (χ0) is 22.6. The number of likely N-dealkylation sites (N-methyl/N-ethyl adjacent to an activating group) is 1. The number of hydrogen-bond donors (Lipinski definition) is 2. The van der Waals surface area contributed by atoms with Crippen molar-refractivity contribution < 1.29 is 19.3 Å². The summed E-state index contributed by atoms with van der Waals surface area (Å²) in [4.78, 5) is 0. The Morgan fingerprint density at radius 1 is 0.875 bits per heavy atom. The third-order valence-corrected chi connectivity index (χ3v) is 6.15. The summed E-state index contributed by atoms with van der Waals surface area (Å²) >= 11 is 0. The summed E-state index contributed by atoms with van der Waals surface area (Å²) in [5.74, 6) is 0. The van der Waals surface area contributed by atoms with Gasteiger partial charge in [0, 0.05) is 6.42 Å². The van der Waals surface area contributed by atoms with Gasteiger partial charge in [-0.05, 0) is 24.6 Å². The maximum atomic E-state index is 10.4. The van der Waals surface area contributed by atoms with Crippen molar-refractivity contribution in [1.82, 2.24) is 5.32 Å². The topological polar surface area (TPSA) is 60.0 Å². The van der Waals surface area contributed by atoms with Crippen LogP contribution in [0.15, 0.2) is 60.7 Å². The molecule has 5 nitrogen and oxygen atoms in total. The lowest BCUT2D eigenvalue weighted by molar-refractivity contribution is -0.0912. The van der Waals surface area contributed by atoms with E-state index in [0.717, 1.165) is 43.2 Å². The number of nitrogens with one attached hydrogen (secondary N) is 1. The monoisotopic (exact) mass is 441 g/mol. The van der Waals surface area contributed by atoms with Gasteiger partial charge in [0.15, 0.2) is 0 Å². The average molecular weight is 442 g/mol.